The van der Waals surface area contributed by atoms with E-state index in [9.17, 15) is 4.79 Å². The maximum absolute atomic E-state index is 12.1. The first-order valence-electron chi connectivity index (χ1n) is 6.55. The predicted molar refractivity (Wildman–Crippen MR) is 68.7 cm³/mol. The number of aliphatic hydroxyl groups excluding tert-OH is 1. The zero-order chi connectivity index (χ0) is 13.1. The second kappa shape index (κ2) is 5.83. The summed E-state index contributed by atoms with van der Waals surface area (Å²) in [5.74, 6) is 0.0601. The summed E-state index contributed by atoms with van der Waals surface area (Å²) in [6.07, 6.45) is 1.54. The van der Waals surface area contributed by atoms with Crippen molar-refractivity contribution in [3.8, 4) is 0 Å². The molecule has 2 atom stereocenters. The SMILES string of the molecule is CCC(C)N1CC(C)(C)CNC(=O)C1CCO. The van der Waals surface area contributed by atoms with Crippen LogP contribution in [-0.2, 0) is 4.79 Å². The largest absolute Gasteiger partial charge is 0.396 e. The Bertz CT molecular complexity index is 266. The molecule has 1 heterocycles. The maximum atomic E-state index is 12.1. The molecular weight excluding hydrogens is 216 g/mol. The van der Waals surface area contributed by atoms with Crippen LogP contribution in [-0.4, -0.2) is 47.7 Å². The molecule has 2 unspecified atom stereocenters. The average Bonchev–Trinajstić information content (AvgIpc) is 2.39. The van der Waals surface area contributed by atoms with E-state index in [0.717, 1.165) is 13.0 Å². The van der Waals surface area contributed by atoms with Gasteiger partial charge in [0.2, 0.25) is 5.91 Å². The molecule has 1 fully saturated rings. The first-order chi connectivity index (χ1) is 7.91. The highest BCUT2D eigenvalue weighted by Gasteiger charge is 2.36. The summed E-state index contributed by atoms with van der Waals surface area (Å²) in [4.78, 5) is 14.3. The van der Waals surface area contributed by atoms with Gasteiger partial charge < -0.3 is 10.4 Å². The number of aliphatic hydroxyl groups is 1. The zero-order valence-corrected chi connectivity index (χ0v) is 11.5. The lowest BCUT2D eigenvalue weighted by Gasteiger charge is -2.36. The second-order valence-electron chi connectivity index (χ2n) is 5.84. The topological polar surface area (TPSA) is 52.6 Å². The molecule has 1 amide bonds. The molecule has 4 heteroatoms. The second-order valence-corrected chi connectivity index (χ2v) is 5.84. The number of rotatable bonds is 4. The Balaban J connectivity index is 2.91. The number of carbonyl (C=O) groups excluding carboxylic acids is 1. The number of hydrogen-bond donors (Lipinski definition) is 2. The summed E-state index contributed by atoms with van der Waals surface area (Å²) in [5.41, 5.74) is 0.0866. The van der Waals surface area contributed by atoms with Gasteiger partial charge in [-0.15, -0.1) is 0 Å². The van der Waals surface area contributed by atoms with Gasteiger partial charge in [0, 0.05) is 25.7 Å². The molecule has 0 saturated carbocycles. The van der Waals surface area contributed by atoms with Crippen LogP contribution in [0.4, 0.5) is 0 Å². The molecule has 0 radical (unpaired) electrons. The fourth-order valence-electron chi connectivity index (χ4n) is 2.37. The smallest absolute Gasteiger partial charge is 0.237 e. The molecule has 4 nitrogen and oxygen atoms in total. The summed E-state index contributed by atoms with van der Waals surface area (Å²) >= 11 is 0. The number of nitrogens with zero attached hydrogens (tertiary/aromatic N) is 1. The summed E-state index contributed by atoms with van der Waals surface area (Å²) in [7, 11) is 0. The van der Waals surface area contributed by atoms with E-state index in [-0.39, 0.29) is 24.0 Å². The molecule has 0 spiro atoms. The Morgan fingerprint density at radius 2 is 2.24 bits per heavy atom. The van der Waals surface area contributed by atoms with E-state index >= 15 is 0 Å². The van der Waals surface area contributed by atoms with Crippen LogP contribution in [0.2, 0.25) is 0 Å². The quantitative estimate of drug-likeness (QED) is 0.773. The highest BCUT2D eigenvalue weighted by Crippen LogP contribution is 2.24. The monoisotopic (exact) mass is 242 g/mol. The van der Waals surface area contributed by atoms with Crippen molar-refractivity contribution in [2.45, 2.75) is 52.6 Å². The molecule has 0 bridgehead atoms. The van der Waals surface area contributed by atoms with E-state index in [0.29, 0.717) is 19.0 Å². The molecule has 2 N–H and O–H groups in total. The van der Waals surface area contributed by atoms with Crippen LogP contribution in [0, 0.1) is 5.41 Å². The zero-order valence-electron chi connectivity index (χ0n) is 11.5. The van der Waals surface area contributed by atoms with Crippen molar-refractivity contribution in [1.29, 1.82) is 0 Å². The fraction of sp³-hybridized carbons (Fsp3) is 0.923. The van der Waals surface area contributed by atoms with Crippen molar-refractivity contribution in [2.24, 2.45) is 5.41 Å². The summed E-state index contributed by atoms with van der Waals surface area (Å²) in [6.45, 7) is 10.3. The van der Waals surface area contributed by atoms with Crippen molar-refractivity contribution in [3.63, 3.8) is 0 Å². The van der Waals surface area contributed by atoms with Crippen LogP contribution in [0.5, 0.6) is 0 Å². The van der Waals surface area contributed by atoms with Gasteiger partial charge in [-0.1, -0.05) is 20.8 Å². The van der Waals surface area contributed by atoms with Gasteiger partial charge in [0.05, 0.1) is 6.04 Å². The maximum Gasteiger partial charge on any atom is 0.237 e. The molecule has 0 aromatic carbocycles. The minimum Gasteiger partial charge on any atom is -0.396 e. The van der Waals surface area contributed by atoms with Crippen LogP contribution < -0.4 is 5.32 Å². The Morgan fingerprint density at radius 3 is 2.76 bits per heavy atom. The molecular formula is C13H26N2O2. The standard InChI is InChI=1S/C13H26N2O2/c1-5-10(2)15-9-13(3,4)8-14-12(17)11(15)6-7-16/h10-11,16H,5-9H2,1-4H3,(H,14,17). The van der Waals surface area contributed by atoms with Crippen LogP contribution in [0.15, 0.2) is 0 Å². The van der Waals surface area contributed by atoms with Gasteiger partial charge >= 0.3 is 0 Å². The van der Waals surface area contributed by atoms with Crippen molar-refractivity contribution in [3.05, 3.63) is 0 Å². The molecule has 1 rings (SSSR count). The Labute approximate surface area is 104 Å². The summed E-state index contributed by atoms with van der Waals surface area (Å²) < 4.78 is 0. The van der Waals surface area contributed by atoms with Crippen molar-refractivity contribution in [1.82, 2.24) is 10.2 Å². The fourth-order valence-corrected chi connectivity index (χ4v) is 2.37. The lowest BCUT2D eigenvalue weighted by atomic mass is 9.92. The van der Waals surface area contributed by atoms with Gasteiger partial charge in [0.1, 0.15) is 0 Å². The third-order valence-corrected chi connectivity index (χ3v) is 3.61. The minimum absolute atomic E-state index is 0.0601. The third-order valence-electron chi connectivity index (χ3n) is 3.61. The summed E-state index contributed by atoms with van der Waals surface area (Å²) in [6, 6.07) is 0.186. The molecule has 17 heavy (non-hydrogen) atoms. The van der Waals surface area contributed by atoms with Crippen molar-refractivity contribution >= 4 is 5.91 Å². The Kier molecular flexibility index (Phi) is 4.95. The van der Waals surface area contributed by atoms with Gasteiger partial charge in [-0.2, -0.15) is 0 Å². The third kappa shape index (κ3) is 3.68. The molecule has 1 aliphatic rings. The average molecular weight is 242 g/mol. The number of carbonyl (C=O) groups is 1. The minimum atomic E-state index is -0.184. The normalized spacial score (nSPS) is 27.4. The Hall–Kier alpha value is -0.610. The van der Waals surface area contributed by atoms with E-state index in [1.807, 2.05) is 0 Å². The predicted octanol–water partition coefficient (Wildman–Crippen LogP) is 0.994. The molecule has 0 aromatic rings. The lowest BCUT2D eigenvalue weighted by Crippen LogP contribution is -2.49. The van der Waals surface area contributed by atoms with Crippen LogP contribution in [0.1, 0.15) is 40.5 Å². The van der Waals surface area contributed by atoms with Gasteiger partial charge in [0.25, 0.3) is 0 Å². The van der Waals surface area contributed by atoms with E-state index < -0.39 is 0 Å². The van der Waals surface area contributed by atoms with Crippen molar-refractivity contribution < 1.29 is 9.90 Å². The van der Waals surface area contributed by atoms with Crippen LogP contribution in [0.3, 0.4) is 0 Å². The molecule has 0 aliphatic carbocycles. The first kappa shape index (κ1) is 14.5. The van der Waals surface area contributed by atoms with Gasteiger partial charge in [0.15, 0.2) is 0 Å². The number of hydrogen-bond acceptors (Lipinski definition) is 3. The molecule has 1 saturated heterocycles. The first-order valence-corrected chi connectivity index (χ1v) is 6.55. The van der Waals surface area contributed by atoms with Crippen LogP contribution >= 0.6 is 0 Å². The van der Waals surface area contributed by atoms with Crippen molar-refractivity contribution in [2.75, 3.05) is 19.7 Å². The highest BCUT2D eigenvalue weighted by atomic mass is 16.3. The highest BCUT2D eigenvalue weighted by molar-refractivity contribution is 5.82. The van der Waals surface area contributed by atoms with Gasteiger partial charge in [-0.05, 0) is 25.2 Å². The van der Waals surface area contributed by atoms with Crippen LogP contribution in [0.25, 0.3) is 0 Å². The Morgan fingerprint density at radius 1 is 1.59 bits per heavy atom. The number of nitrogens with one attached hydrogen (secondary N) is 1. The molecule has 1 aliphatic heterocycles. The van der Waals surface area contributed by atoms with E-state index in [1.54, 1.807) is 0 Å². The lowest BCUT2D eigenvalue weighted by molar-refractivity contribution is -0.126. The van der Waals surface area contributed by atoms with Gasteiger partial charge in [-0.25, -0.2) is 0 Å². The van der Waals surface area contributed by atoms with E-state index in [4.69, 9.17) is 5.11 Å². The molecule has 100 valence electrons. The van der Waals surface area contributed by atoms with Gasteiger partial charge in [-0.3, -0.25) is 9.69 Å². The summed E-state index contributed by atoms with van der Waals surface area (Å²) in [5, 5.41) is 12.1. The molecule has 0 aromatic heterocycles. The van der Waals surface area contributed by atoms with E-state index in [2.05, 4.69) is 37.9 Å². The van der Waals surface area contributed by atoms with E-state index in [1.165, 1.54) is 0 Å². The number of amides is 1.